The van der Waals surface area contributed by atoms with Crippen LogP contribution in [0, 0.1) is 18.8 Å². The molecule has 3 aliphatic rings. The van der Waals surface area contributed by atoms with E-state index in [1.807, 2.05) is 13.2 Å². The molecule has 3 unspecified atom stereocenters. The number of hydrogen-bond acceptors (Lipinski definition) is 6. The van der Waals surface area contributed by atoms with Crippen LogP contribution in [-0.4, -0.2) is 21.2 Å². The second-order valence-corrected chi connectivity index (χ2v) is 13.3. The van der Waals surface area contributed by atoms with Gasteiger partial charge in [-0.25, -0.2) is 4.98 Å². The van der Waals surface area contributed by atoms with Gasteiger partial charge in [0.2, 0.25) is 5.91 Å². The van der Waals surface area contributed by atoms with Crippen molar-refractivity contribution >= 4 is 54.2 Å². The first-order valence-corrected chi connectivity index (χ1v) is 14.5. The monoisotopic (exact) mass is 619 g/mol. The van der Waals surface area contributed by atoms with E-state index in [-0.39, 0.29) is 23.0 Å². The smallest absolute Gasteiger partial charge is 0.226 e. The Morgan fingerprint density at radius 2 is 2.17 bits per heavy atom. The number of fused-ring (bicyclic) bond motifs is 7. The summed E-state index contributed by atoms with van der Waals surface area (Å²) in [6.07, 6.45) is 8.94. The van der Waals surface area contributed by atoms with Crippen LogP contribution in [0.15, 0.2) is 32.0 Å². The molecule has 2 N–H and O–H groups in total. The van der Waals surface area contributed by atoms with Gasteiger partial charge in [-0.05, 0) is 112 Å². The van der Waals surface area contributed by atoms with Gasteiger partial charge in [-0.2, -0.15) is 0 Å². The summed E-state index contributed by atoms with van der Waals surface area (Å²) in [4.78, 5) is 18.2. The van der Waals surface area contributed by atoms with Crippen LogP contribution in [0.3, 0.4) is 0 Å². The third-order valence-corrected chi connectivity index (χ3v) is 11.0. The molecule has 1 aromatic carbocycles. The molecule has 3 aliphatic carbocycles. The highest BCUT2D eigenvalue weighted by Gasteiger charge is 2.58. The zero-order valence-corrected chi connectivity index (χ0v) is 23.6. The van der Waals surface area contributed by atoms with Gasteiger partial charge in [0.05, 0.1) is 14.6 Å². The van der Waals surface area contributed by atoms with Gasteiger partial charge in [0.25, 0.3) is 0 Å². The van der Waals surface area contributed by atoms with E-state index >= 15 is 0 Å². The fourth-order valence-corrected chi connectivity index (χ4v) is 9.29. The lowest BCUT2D eigenvalue weighted by Gasteiger charge is -2.50. The molecular formula is C26H27Br2N3O3S. The number of aromatic nitrogens is 2. The van der Waals surface area contributed by atoms with Crippen LogP contribution >= 0.6 is 43.2 Å². The highest BCUT2D eigenvalue weighted by atomic mass is 79.9. The summed E-state index contributed by atoms with van der Waals surface area (Å²) < 4.78 is 7.04. The molecule has 5 atom stereocenters. The molecule has 0 aliphatic heterocycles. The van der Waals surface area contributed by atoms with Crippen molar-refractivity contribution in [3.8, 4) is 5.75 Å². The quantitative estimate of drug-likeness (QED) is 0.322. The molecule has 0 saturated heterocycles. The average molecular weight is 621 g/mol. The molecule has 6 rings (SSSR count). The number of halogens is 2. The van der Waals surface area contributed by atoms with Crippen molar-refractivity contribution in [2.75, 3.05) is 5.32 Å². The van der Waals surface area contributed by atoms with Crippen molar-refractivity contribution in [3.63, 3.8) is 0 Å². The number of thiazole rings is 1. The number of benzene rings is 1. The number of anilines is 1. The summed E-state index contributed by atoms with van der Waals surface area (Å²) >= 11 is 8.70. The van der Waals surface area contributed by atoms with Crippen LogP contribution in [0.4, 0.5) is 5.13 Å². The average Bonchev–Trinajstić information content (AvgIpc) is 3.52. The van der Waals surface area contributed by atoms with Crippen LogP contribution in [0.2, 0.25) is 0 Å². The summed E-state index contributed by atoms with van der Waals surface area (Å²) in [5.74, 6) is 1.87. The Morgan fingerprint density at radius 1 is 1.34 bits per heavy atom. The summed E-state index contributed by atoms with van der Waals surface area (Å²) in [7, 11) is 0. The first-order valence-electron chi connectivity index (χ1n) is 12.1. The Labute approximate surface area is 225 Å². The number of carbonyl (C=O) groups excluding carboxylic acids is 1. The second kappa shape index (κ2) is 8.70. The van der Waals surface area contributed by atoms with Gasteiger partial charge < -0.3 is 14.9 Å². The number of aromatic hydroxyl groups is 1. The Kier molecular flexibility index (Phi) is 5.88. The number of aryl methyl sites for hydroxylation is 1. The van der Waals surface area contributed by atoms with Crippen LogP contribution in [0.25, 0.3) is 0 Å². The Hall–Kier alpha value is -1.71. The van der Waals surface area contributed by atoms with Crippen molar-refractivity contribution in [3.05, 3.63) is 54.7 Å². The molecule has 1 saturated carbocycles. The van der Waals surface area contributed by atoms with E-state index in [4.69, 9.17) is 4.52 Å². The standard InChI is InChI=1S/C26H27Br2N3O3S/c1-12-10-29-25(35-12)30-20(32)6-5-15-18-11-34-31-24(18)26(2)8-7-13-14(21(15)26)3-4-16-17(13)9-19(27)23(33)22(16)28/h9-11,13-15,21,33H,3-8H2,1-2H3,(H,29,30,32)/t13?,14?,15-,21?,26+/m1/s1. The lowest BCUT2D eigenvalue weighted by atomic mass is 9.53. The summed E-state index contributed by atoms with van der Waals surface area (Å²) in [5.41, 5.74) is 4.83. The zero-order chi connectivity index (χ0) is 24.5. The summed E-state index contributed by atoms with van der Waals surface area (Å²) in [6.45, 7) is 4.34. The molecule has 6 nitrogen and oxygen atoms in total. The number of rotatable bonds is 4. The number of phenolic OH excluding ortho intramolecular Hbond substituents is 1. The molecular weight excluding hydrogens is 594 g/mol. The van der Waals surface area contributed by atoms with E-state index in [9.17, 15) is 9.90 Å². The molecule has 0 radical (unpaired) electrons. The molecule has 3 aromatic rings. The molecule has 184 valence electrons. The largest absolute Gasteiger partial charge is 0.506 e. The second-order valence-electron chi connectivity index (χ2n) is 10.5. The minimum atomic E-state index is -0.0417. The molecule has 9 heteroatoms. The van der Waals surface area contributed by atoms with E-state index in [2.05, 4.69) is 60.3 Å². The van der Waals surface area contributed by atoms with E-state index in [1.54, 1.807) is 6.20 Å². The number of amides is 1. The van der Waals surface area contributed by atoms with Crippen LogP contribution in [-0.2, 0) is 16.6 Å². The van der Waals surface area contributed by atoms with Gasteiger partial charge in [-0.1, -0.05) is 12.1 Å². The lowest BCUT2D eigenvalue weighted by Crippen LogP contribution is -2.44. The van der Waals surface area contributed by atoms with Crippen LogP contribution in [0.5, 0.6) is 5.75 Å². The number of hydrogen-bond donors (Lipinski definition) is 2. The number of nitrogens with one attached hydrogen (secondary N) is 1. The first kappa shape index (κ1) is 23.7. The minimum absolute atomic E-state index is 0.00985. The molecule has 1 amide bonds. The maximum atomic E-state index is 12.8. The van der Waals surface area contributed by atoms with E-state index < -0.39 is 0 Å². The number of phenols is 1. The van der Waals surface area contributed by atoms with Crippen LogP contribution < -0.4 is 5.32 Å². The van der Waals surface area contributed by atoms with Crippen molar-refractivity contribution in [2.45, 2.75) is 69.6 Å². The van der Waals surface area contributed by atoms with Gasteiger partial charge in [0.1, 0.15) is 12.0 Å². The molecule has 0 bridgehead atoms. The Balaban J connectivity index is 1.30. The first-order chi connectivity index (χ1) is 16.8. The van der Waals surface area contributed by atoms with Gasteiger partial charge in [-0.15, -0.1) is 11.3 Å². The maximum absolute atomic E-state index is 12.8. The van der Waals surface area contributed by atoms with Gasteiger partial charge >= 0.3 is 0 Å². The summed E-state index contributed by atoms with van der Waals surface area (Å²) in [5, 5.41) is 18.6. The van der Waals surface area contributed by atoms with Crippen molar-refractivity contribution in [2.24, 2.45) is 11.8 Å². The third-order valence-electron chi connectivity index (χ3n) is 8.67. The van der Waals surface area contributed by atoms with Gasteiger partial charge in [-0.3, -0.25) is 4.79 Å². The minimum Gasteiger partial charge on any atom is -0.506 e. The predicted molar refractivity (Wildman–Crippen MR) is 142 cm³/mol. The van der Waals surface area contributed by atoms with Crippen molar-refractivity contribution in [1.82, 2.24) is 10.1 Å². The highest BCUT2D eigenvalue weighted by molar-refractivity contribution is 9.11. The molecule has 1 fully saturated rings. The predicted octanol–water partition coefficient (Wildman–Crippen LogP) is 7.20. The fraction of sp³-hybridized carbons (Fsp3) is 0.500. The summed E-state index contributed by atoms with van der Waals surface area (Å²) in [6, 6.07) is 2.13. The lowest BCUT2D eigenvalue weighted by molar-refractivity contribution is -0.116. The van der Waals surface area contributed by atoms with E-state index in [1.165, 1.54) is 28.0 Å². The van der Waals surface area contributed by atoms with Gasteiger partial charge in [0, 0.05) is 28.5 Å². The fourth-order valence-electron chi connectivity index (χ4n) is 7.26. The van der Waals surface area contributed by atoms with E-state index in [0.29, 0.717) is 29.3 Å². The molecule has 2 aromatic heterocycles. The topological polar surface area (TPSA) is 88.3 Å². The van der Waals surface area contributed by atoms with Gasteiger partial charge in [0.15, 0.2) is 5.13 Å². The van der Waals surface area contributed by atoms with Crippen LogP contribution in [0.1, 0.15) is 78.1 Å². The normalized spacial score (nSPS) is 28.7. The molecule has 35 heavy (non-hydrogen) atoms. The number of carbonyl (C=O) groups is 1. The molecule has 2 heterocycles. The highest BCUT2D eigenvalue weighted by Crippen LogP contribution is 2.65. The SMILES string of the molecule is Cc1cnc(NC(=O)CC[C@@H]2c3conc3[C@@]3(C)CCC4c5cc(Br)c(O)c(Br)c5CCC4C23)s1. The number of nitrogens with zero attached hydrogens (tertiary/aromatic N) is 2. The zero-order valence-electron chi connectivity index (χ0n) is 19.6. The molecule has 0 spiro atoms. The van der Waals surface area contributed by atoms with Crippen molar-refractivity contribution in [1.29, 1.82) is 0 Å². The Morgan fingerprint density at radius 3 is 2.94 bits per heavy atom. The Bertz CT molecular complexity index is 1320. The van der Waals surface area contributed by atoms with Crippen molar-refractivity contribution < 1.29 is 14.4 Å². The third kappa shape index (κ3) is 3.72. The van der Waals surface area contributed by atoms with E-state index in [0.717, 1.165) is 51.6 Å². The maximum Gasteiger partial charge on any atom is 0.226 e.